The molecule has 1 fully saturated rings. The Labute approximate surface area is 87.8 Å². The lowest BCUT2D eigenvalue weighted by Crippen LogP contribution is -2.36. The van der Waals surface area contributed by atoms with Gasteiger partial charge < -0.3 is 4.90 Å². The second-order valence-electron chi connectivity index (χ2n) is 3.65. The fraction of sp³-hybridized carbons (Fsp3) is 0.600. The van der Waals surface area contributed by atoms with Gasteiger partial charge in [-0.05, 0) is 12.8 Å². The lowest BCUT2D eigenvalue weighted by molar-refractivity contribution is -0.129. The molecule has 0 radical (unpaired) electrons. The third kappa shape index (κ3) is 1.95. The van der Waals surface area contributed by atoms with Crippen molar-refractivity contribution in [3.63, 3.8) is 0 Å². The van der Waals surface area contributed by atoms with Crippen LogP contribution in [0.3, 0.4) is 0 Å². The zero-order valence-electron chi connectivity index (χ0n) is 8.27. The number of thiazole rings is 1. The van der Waals surface area contributed by atoms with E-state index in [0.29, 0.717) is 5.92 Å². The van der Waals surface area contributed by atoms with Gasteiger partial charge in [0.1, 0.15) is 0 Å². The molecule has 3 nitrogen and oxygen atoms in total. The first kappa shape index (κ1) is 9.65. The van der Waals surface area contributed by atoms with Crippen molar-refractivity contribution in [1.82, 2.24) is 9.88 Å². The Balaban J connectivity index is 1.93. The average Bonchev–Trinajstić information content (AvgIpc) is 2.71. The zero-order chi connectivity index (χ0) is 9.97. The molecule has 0 saturated carbocycles. The van der Waals surface area contributed by atoms with Crippen LogP contribution in [0.5, 0.6) is 0 Å². The van der Waals surface area contributed by atoms with Gasteiger partial charge in [-0.15, -0.1) is 11.3 Å². The van der Waals surface area contributed by atoms with Crippen molar-refractivity contribution in [2.75, 3.05) is 13.1 Å². The Morgan fingerprint density at radius 3 is 2.79 bits per heavy atom. The maximum atomic E-state index is 11.1. The standard InChI is InChI=1S/C10H14N2OS/c1-8(13)12-5-2-9(3-6-12)10-11-4-7-14-10/h4,7,9H,2-3,5-6H2,1H3. The first-order valence-electron chi connectivity index (χ1n) is 4.92. The van der Waals surface area contributed by atoms with Crippen molar-refractivity contribution < 1.29 is 4.79 Å². The molecular formula is C10H14N2OS. The van der Waals surface area contributed by atoms with Gasteiger partial charge in [-0.1, -0.05) is 0 Å². The summed E-state index contributed by atoms with van der Waals surface area (Å²) in [5.74, 6) is 0.771. The molecule has 0 aromatic carbocycles. The van der Waals surface area contributed by atoms with Crippen molar-refractivity contribution in [2.24, 2.45) is 0 Å². The molecule has 1 aliphatic heterocycles. The highest BCUT2D eigenvalue weighted by atomic mass is 32.1. The van der Waals surface area contributed by atoms with E-state index in [4.69, 9.17) is 0 Å². The van der Waals surface area contributed by atoms with Crippen LogP contribution in [0.15, 0.2) is 11.6 Å². The van der Waals surface area contributed by atoms with Crippen LogP contribution in [0, 0.1) is 0 Å². The second-order valence-corrected chi connectivity index (χ2v) is 4.58. The highest BCUT2D eigenvalue weighted by molar-refractivity contribution is 7.09. The Kier molecular flexibility index (Phi) is 2.82. The predicted octanol–water partition coefficient (Wildman–Crippen LogP) is 1.87. The summed E-state index contributed by atoms with van der Waals surface area (Å²) in [6.45, 7) is 3.42. The smallest absolute Gasteiger partial charge is 0.219 e. The molecule has 14 heavy (non-hydrogen) atoms. The lowest BCUT2D eigenvalue weighted by atomic mass is 9.97. The SMILES string of the molecule is CC(=O)N1CCC(c2nccs2)CC1. The van der Waals surface area contributed by atoms with E-state index >= 15 is 0 Å². The Morgan fingerprint density at radius 1 is 1.57 bits per heavy atom. The fourth-order valence-electron chi connectivity index (χ4n) is 1.88. The summed E-state index contributed by atoms with van der Waals surface area (Å²) in [5.41, 5.74) is 0. The number of hydrogen-bond acceptors (Lipinski definition) is 3. The average molecular weight is 210 g/mol. The molecule has 0 unspecified atom stereocenters. The number of nitrogens with zero attached hydrogens (tertiary/aromatic N) is 2. The third-order valence-electron chi connectivity index (χ3n) is 2.74. The van der Waals surface area contributed by atoms with Gasteiger partial charge in [0, 0.05) is 37.5 Å². The van der Waals surface area contributed by atoms with E-state index in [1.54, 1.807) is 18.3 Å². The van der Waals surface area contributed by atoms with Crippen LogP contribution in [-0.2, 0) is 4.79 Å². The topological polar surface area (TPSA) is 33.2 Å². The number of amides is 1. The number of aromatic nitrogens is 1. The second kappa shape index (κ2) is 4.09. The molecule has 76 valence electrons. The number of carbonyl (C=O) groups excluding carboxylic acids is 1. The van der Waals surface area contributed by atoms with Crippen LogP contribution in [-0.4, -0.2) is 28.9 Å². The Bertz CT molecular complexity index is 302. The summed E-state index contributed by atoms with van der Waals surface area (Å²) < 4.78 is 0. The molecule has 0 atom stereocenters. The molecule has 0 spiro atoms. The fourth-order valence-corrected chi connectivity index (χ4v) is 2.69. The molecule has 2 heterocycles. The molecule has 4 heteroatoms. The highest BCUT2D eigenvalue weighted by Gasteiger charge is 2.23. The summed E-state index contributed by atoms with van der Waals surface area (Å²) in [6, 6.07) is 0. The number of rotatable bonds is 1. The molecule has 1 aromatic heterocycles. The minimum Gasteiger partial charge on any atom is -0.343 e. The number of likely N-dealkylation sites (tertiary alicyclic amines) is 1. The minimum absolute atomic E-state index is 0.197. The molecule has 1 saturated heterocycles. The van der Waals surface area contributed by atoms with Gasteiger partial charge in [-0.25, -0.2) is 4.98 Å². The van der Waals surface area contributed by atoms with Crippen LogP contribution in [0.4, 0.5) is 0 Å². The third-order valence-corrected chi connectivity index (χ3v) is 3.68. The maximum absolute atomic E-state index is 11.1. The summed E-state index contributed by atoms with van der Waals surface area (Å²) >= 11 is 1.72. The van der Waals surface area contributed by atoms with Gasteiger partial charge in [0.15, 0.2) is 0 Å². The summed E-state index contributed by atoms with van der Waals surface area (Å²) in [5, 5.41) is 3.25. The van der Waals surface area contributed by atoms with E-state index in [1.165, 1.54) is 5.01 Å². The van der Waals surface area contributed by atoms with Gasteiger partial charge in [0.05, 0.1) is 5.01 Å². The molecule has 1 aliphatic rings. The molecule has 0 N–H and O–H groups in total. The van der Waals surface area contributed by atoms with Crippen molar-refractivity contribution in [1.29, 1.82) is 0 Å². The van der Waals surface area contributed by atoms with Crippen molar-refractivity contribution >= 4 is 17.2 Å². The van der Waals surface area contributed by atoms with Crippen LogP contribution in [0.2, 0.25) is 0 Å². The largest absolute Gasteiger partial charge is 0.343 e. The Hall–Kier alpha value is -0.900. The van der Waals surface area contributed by atoms with E-state index in [9.17, 15) is 4.79 Å². The van der Waals surface area contributed by atoms with Gasteiger partial charge in [-0.2, -0.15) is 0 Å². The number of hydrogen-bond donors (Lipinski definition) is 0. The van der Waals surface area contributed by atoms with Crippen molar-refractivity contribution in [3.8, 4) is 0 Å². The van der Waals surface area contributed by atoms with Crippen LogP contribution in [0.1, 0.15) is 30.7 Å². The molecule has 2 rings (SSSR count). The molecule has 0 aliphatic carbocycles. The first-order chi connectivity index (χ1) is 6.77. The van der Waals surface area contributed by atoms with Crippen molar-refractivity contribution in [3.05, 3.63) is 16.6 Å². The van der Waals surface area contributed by atoms with E-state index in [1.807, 2.05) is 16.5 Å². The quantitative estimate of drug-likeness (QED) is 0.709. The number of piperidine rings is 1. The zero-order valence-corrected chi connectivity index (χ0v) is 9.09. The van der Waals surface area contributed by atoms with Gasteiger partial charge in [0.2, 0.25) is 5.91 Å². The first-order valence-corrected chi connectivity index (χ1v) is 5.80. The van der Waals surface area contributed by atoms with Crippen LogP contribution >= 0.6 is 11.3 Å². The number of carbonyl (C=O) groups is 1. The maximum Gasteiger partial charge on any atom is 0.219 e. The normalized spacial score (nSPS) is 18.5. The van der Waals surface area contributed by atoms with Crippen molar-refractivity contribution in [2.45, 2.75) is 25.7 Å². The van der Waals surface area contributed by atoms with Crippen LogP contribution < -0.4 is 0 Å². The van der Waals surface area contributed by atoms with E-state index in [-0.39, 0.29) is 5.91 Å². The van der Waals surface area contributed by atoms with E-state index in [2.05, 4.69) is 4.98 Å². The highest BCUT2D eigenvalue weighted by Crippen LogP contribution is 2.28. The van der Waals surface area contributed by atoms with E-state index in [0.717, 1.165) is 25.9 Å². The monoisotopic (exact) mass is 210 g/mol. The molecule has 1 amide bonds. The molecule has 1 aromatic rings. The van der Waals surface area contributed by atoms with E-state index < -0.39 is 0 Å². The summed E-state index contributed by atoms with van der Waals surface area (Å²) in [7, 11) is 0. The lowest BCUT2D eigenvalue weighted by Gasteiger charge is -2.30. The minimum atomic E-state index is 0.197. The summed E-state index contributed by atoms with van der Waals surface area (Å²) in [6.07, 6.45) is 3.98. The Morgan fingerprint density at radius 2 is 2.29 bits per heavy atom. The predicted molar refractivity (Wildman–Crippen MR) is 56.3 cm³/mol. The van der Waals surface area contributed by atoms with Crippen LogP contribution in [0.25, 0.3) is 0 Å². The molecular weight excluding hydrogens is 196 g/mol. The summed E-state index contributed by atoms with van der Waals surface area (Å²) in [4.78, 5) is 17.4. The van der Waals surface area contributed by atoms with Gasteiger partial charge in [-0.3, -0.25) is 4.79 Å². The van der Waals surface area contributed by atoms with Gasteiger partial charge in [0.25, 0.3) is 0 Å². The van der Waals surface area contributed by atoms with Gasteiger partial charge >= 0.3 is 0 Å². The molecule has 0 bridgehead atoms.